The zero-order valence-electron chi connectivity index (χ0n) is 17.2. The van der Waals surface area contributed by atoms with Gasteiger partial charge in [0.25, 0.3) is 0 Å². The van der Waals surface area contributed by atoms with Crippen molar-refractivity contribution < 1.29 is 14.1 Å². The third-order valence-corrected chi connectivity index (χ3v) is 7.84. The van der Waals surface area contributed by atoms with Crippen molar-refractivity contribution in [3.8, 4) is 0 Å². The van der Waals surface area contributed by atoms with E-state index in [9.17, 15) is 9.36 Å². The van der Waals surface area contributed by atoms with Crippen molar-refractivity contribution in [1.29, 1.82) is 0 Å². The zero-order chi connectivity index (χ0) is 21.6. The molecule has 0 bridgehead atoms. The van der Waals surface area contributed by atoms with Crippen LogP contribution in [0.1, 0.15) is 28.9 Å². The Kier molecular flexibility index (Phi) is 7.04. The summed E-state index contributed by atoms with van der Waals surface area (Å²) in [5.74, 6) is -0.392. The summed E-state index contributed by atoms with van der Waals surface area (Å²) in [6, 6.07) is 25.8. The van der Waals surface area contributed by atoms with Crippen molar-refractivity contribution in [1.82, 2.24) is 5.09 Å². The van der Waals surface area contributed by atoms with Crippen molar-refractivity contribution in [2.75, 3.05) is 7.11 Å². The number of hydrogen-bond donors (Lipinski definition) is 1. The van der Waals surface area contributed by atoms with Gasteiger partial charge in [0.15, 0.2) is 0 Å². The molecule has 3 rings (SSSR count). The van der Waals surface area contributed by atoms with Gasteiger partial charge in [0.1, 0.15) is 0 Å². The molecule has 1 N–H and O–H groups in total. The fourth-order valence-corrected chi connectivity index (χ4v) is 5.90. The maximum atomic E-state index is 14.4. The van der Waals surface area contributed by atoms with Crippen LogP contribution < -0.4 is 15.7 Å². The molecule has 2 unspecified atom stereocenters. The van der Waals surface area contributed by atoms with Crippen molar-refractivity contribution in [2.45, 2.75) is 13.0 Å². The first-order valence-electron chi connectivity index (χ1n) is 9.79. The second-order valence-electron chi connectivity index (χ2n) is 7.10. The molecule has 0 heterocycles. The molecule has 5 heteroatoms. The Labute approximate surface area is 178 Å². The van der Waals surface area contributed by atoms with Crippen molar-refractivity contribution in [3.05, 3.63) is 109 Å². The van der Waals surface area contributed by atoms with Crippen molar-refractivity contribution in [2.24, 2.45) is 5.92 Å². The highest BCUT2D eigenvalue weighted by atomic mass is 31.2. The van der Waals surface area contributed by atoms with Crippen LogP contribution in [-0.4, -0.2) is 13.1 Å². The average Bonchev–Trinajstić information content (AvgIpc) is 2.82. The van der Waals surface area contributed by atoms with E-state index in [1.807, 2.05) is 85.8 Å². The molecule has 3 aromatic carbocycles. The molecule has 3 aromatic rings. The first-order chi connectivity index (χ1) is 14.5. The lowest BCUT2D eigenvalue weighted by atomic mass is 9.95. The summed E-state index contributed by atoms with van der Waals surface area (Å²) in [6.07, 6.45) is 1.84. The highest BCUT2D eigenvalue weighted by Crippen LogP contribution is 2.43. The van der Waals surface area contributed by atoms with Crippen LogP contribution in [0.15, 0.2) is 97.6 Å². The van der Waals surface area contributed by atoms with Crippen LogP contribution in [0.4, 0.5) is 0 Å². The second kappa shape index (κ2) is 9.71. The van der Waals surface area contributed by atoms with Crippen LogP contribution >= 0.6 is 7.29 Å². The van der Waals surface area contributed by atoms with Crippen LogP contribution in [0.5, 0.6) is 0 Å². The predicted molar refractivity (Wildman–Crippen MR) is 123 cm³/mol. The van der Waals surface area contributed by atoms with Crippen LogP contribution in [0, 0.1) is 5.92 Å². The zero-order valence-corrected chi connectivity index (χ0v) is 18.1. The van der Waals surface area contributed by atoms with E-state index in [0.29, 0.717) is 5.56 Å². The molecular weight excluding hydrogens is 393 g/mol. The molecule has 2 atom stereocenters. The van der Waals surface area contributed by atoms with Crippen LogP contribution in [0.2, 0.25) is 0 Å². The standard InChI is InChI=1S/C25H26NO3P/c1-4-19(2)24(20-15-17-21(18-16-20)25(27)29-3)26-30(28,22-11-7-5-8-12-22)23-13-9-6-10-14-23/h4-19,24H,1H2,2-3H3,(H,26,28). The Morgan fingerprint density at radius 3 is 1.87 bits per heavy atom. The molecule has 0 saturated heterocycles. The van der Waals surface area contributed by atoms with E-state index < -0.39 is 7.29 Å². The lowest BCUT2D eigenvalue weighted by Crippen LogP contribution is -2.33. The molecule has 0 aliphatic carbocycles. The number of carbonyl (C=O) groups excluding carboxylic acids is 1. The average molecular weight is 419 g/mol. The number of esters is 1. The highest BCUT2D eigenvalue weighted by molar-refractivity contribution is 7.76. The molecule has 30 heavy (non-hydrogen) atoms. The third kappa shape index (κ3) is 4.62. The Morgan fingerprint density at radius 1 is 0.933 bits per heavy atom. The number of nitrogens with one attached hydrogen (secondary N) is 1. The van der Waals surface area contributed by atoms with Crippen LogP contribution in [0.25, 0.3) is 0 Å². The molecule has 0 spiro atoms. The van der Waals surface area contributed by atoms with Gasteiger partial charge in [-0.15, -0.1) is 6.58 Å². The summed E-state index contributed by atoms with van der Waals surface area (Å²) in [7, 11) is -1.78. The van der Waals surface area contributed by atoms with Gasteiger partial charge >= 0.3 is 5.97 Å². The molecule has 0 saturated carbocycles. The van der Waals surface area contributed by atoms with Gasteiger partial charge in [-0.3, -0.25) is 9.65 Å². The molecule has 0 aliphatic heterocycles. The Morgan fingerprint density at radius 2 is 1.43 bits per heavy atom. The number of methoxy groups -OCH3 is 1. The number of hydrogen-bond acceptors (Lipinski definition) is 3. The molecule has 4 nitrogen and oxygen atoms in total. The lowest BCUT2D eigenvalue weighted by Gasteiger charge is -2.30. The fourth-order valence-electron chi connectivity index (χ4n) is 3.35. The number of ether oxygens (including phenoxy) is 1. The predicted octanol–water partition coefficient (Wildman–Crippen LogP) is 4.86. The van der Waals surface area contributed by atoms with E-state index in [1.165, 1.54) is 7.11 Å². The van der Waals surface area contributed by atoms with Gasteiger partial charge in [-0.05, 0) is 47.9 Å². The van der Waals surface area contributed by atoms with Crippen LogP contribution in [0.3, 0.4) is 0 Å². The molecule has 154 valence electrons. The molecule has 0 radical (unpaired) electrons. The highest BCUT2D eigenvalue weighted by Gasteiger charge is 2.32. The van der Waals surface area contributed by atoms with Gasteiger partial charge in [0, 0.05) is 16.7 Å². The molecule has 0 aliphatic rings. The maximum absolute atomic E-state index is 14.4. The van der Waals surface area contributed by atoms with Gasteiger partial charge in [-0.25, -0.2) is 4.79 Å². The molecule has 0 aromatic heterocycles. The minimum atomic E-state index is -3.14. The quantitative estimate of drug-likeness (QED) is 0.322. The third-order valence-electron chi connectivity index (χ3n) is 5.15. The van der Waals surface area contributed by atoms with Gasteiger partial charge in [-0.2, -0.15) is 0 Å². The Hall–Kier alpha value is -2.94. The lowest BCUT2D eigenvalue weighted by molar-refractivity contribution is 0.0600. The van der Waals surface area contributed by atoms with E-state index in [1.54, 1.807) is 12.1 Å². The van der Waals surface area contributed by atoms with Gasteiger partial charge in [-0.1, -0.05) is 61.5 Å². The second-order valence-corrected chi connectivity index (χ2v) is 9.61. The fraction of sp³-hybridized carbons (Fsp3) is 0.160. The Bertz CT molecular complexity index is 990. The number of carbonyl (C=O) groups is 1. The molecule has 0 fully saturated rings. The summed E-state index contributed by atoms with van der Waals surface area (Å²) in [5.41, 5.74) is 1.39. The van der Waals surface area contributed by atoms with E-state index in [2.05, 4.69) is 11.7 Å². The normalized spacial score (nSPS) is 13.3. The summed E-state index contributed by atoms with van der Waals surface area (Å²) < 4.78 is 19.2. The summed E-state index contributed by atoms with van der Waals surface area (Å²) >= 11 is 0. The van der Waals surface area contributed by atoms with Gasteiger partial charge < -0.3 is 4.74 Å². The molecular formula is C25H26NO3P. The SMILES string of the molecule is C=CC(C)C(NP(=O)(c1ccccc1)c1ccccc1)c1ccc(C(=O)OC)cc1. The minimum absolute atomic E-state index is 0.00488. The summed E-state index contributed by atoms with van der Waals surface area (Å²) in [5, 5.41) is 4.94. The van der Waals surface area contributed by atoms with E-state index in [4.69, 9.17) is 4.74 Å². The van der Waals surface area contributed by atoms with Gasteiger partial charge in [0.05, 0.1) is 12.7 Å². The smallest absolute Gasteiger partial charge is 0.337 e. The van der Waals surface area contributed by atoms with Crippen molar-refractivity contribution in [3.63, 3.8) is 0 Å². The van der Waals surface area contributed by atoms with E-state index >= 15 is 0 Å². The summed E-state index contributed by atoms with van der Waals surface area (Å²) in [4.78, 5) is 11.8. The first kappa shape index (κ1) is 21.8. The van der Waals surface area contributed by atoms with E-state index in [0.717, 1.165) is 16.2 Å². The number of benzene rings is 3. The van der Waals surface area contributed by atoms with E-state index in [-0.39, 0.29) is 17.9 Å². The number of rotatable bonds is 8. The topological polar surface area (TPSA) is 55.4 Å². The van der Waals surface area contributed by atoms with Gasteiger partial charge in [0.2, 0.25) is 7.29 Å². The largest absolute Gasteiger partial charge is 0.465 e. The maximum Gasteiger partial charge on any atom is 0.337 e. The first-order valence-corrected chi connectivity index (χ1v) is 11.5. The molecule has 0 amide bonds. The Balaban J connectivity index is 2.06. The monoisotopic (exact) mass is 419 g/mol. The van der Waals surface area contributed by atoms with Crippen LogP contribution in [-0.2, 0) is 9.30 Å². The summed E-state index contributed by atoms with van der Waals surface area (Å²) in [6.45, 7) is 5.96. The minimum Gasteiger partial charge on any atom is -0.465 e. The van der Waals surface area contributed by atoms with Crippen molar-refractivity contribution >= 4 is 23.9 Å².